The van der Waals surface area contributed by atoms with E-state index in [0.717, 1.165) is 6.07 Å². The number of pyridine rings is 1. The van der Waals surface area contributed by atoms with Crippen LogP contribution >= 0.6 is 0 Å². The first kappa shape index (κ1) is 15.7. The van der Waals surface area contributed by atoms with Gasteiger partial charge in [0.25, 0.3) is 0 Å². The van der Waals surface area contributed by atoms with Crippen LogP contribution in [0.2, 0.25) is 0 Å². The van der Waals surface area contributed by atoms with Crippen molar-refractivity contribution in [2.75, 3.05) is 16.9 Å². The average Bonchev–Trinajstić information content (AvgIpc) is 2.47. The van der Waals surface area contributed by atoms with Crippen molar-refractivity contribution in [3.05, 3.63) is 41.5 Å². The van der Waals surface area contributed by atoms with E-state index in [4.69, 9.17) is 22.0 Å². The van der Waals surface area contributed by atoms with E-state index in [2.05, 4.69) is 10.4 Å². The number of nitrogens with zero attached hydrogens (tertiary/aromatic N) is 1. The van der Waals surface area contributed by atoms with Crippen LogP contribution in [0.15, 0.2) is 30.3 Å². The van der Waals surface area contributed by atoms with Crippen molar-refractivity contribution < 1.29 is 17.9 Å². The normalized spacial score (nSPS) is 11.3. The first-order chi connectivity index (χ1) is 10.3. The number of nitrogens with one attached hydrogen (secondary N) is 1. The lowest BCUT2D eigenvalue weighted by molar-refractivity contribution is -0.138. The van der Waals surface area contributed by atoms with Crippen molar-refractivity contribution in [2.45, 2.75) is 12.8 Å². The summed E-state index contributed by atoms with van der Waals surface area (Å²) in [6.45, 7) is -0.326. The Morgan fingerprint density at radius 1 is 1.18 bits per heavy atom. The molecule has 1 aromatic carbocycles. The summed E-state index contributed by atoms with van der Waals surface area (Å²) in [5.74, 6) is 5.47. The van der Waals surface area contributed by atoms with Crippen LogP contribution < -0.4 is 27.5 Å². The van der Waals surface area contributed by atoms with Gasteiger partial charge in [0.05, 0.1) is 5.56 Å². The van der Waals surface area contributed by atoms with E-state index >= 15 is 0 Å². The Labute approximate surface area is 124 Å². The average molecular weight is 313 g/mol. The van der Waals surface area contributed by atoms with E-state index in [1.54, 1.807) is 0 Å². The molecule has 0 saturated heterocycles. The maximum absolute atomic E-state index is 12.9. The fourth-order valence-electron chi connectivity index (χ4n) is 1.86. The van der Waals surface area contributed by atoms with Crippen molar-refractivity contribution in [2.24, 2.45) is 5.84 Å². The summed E-state index contributed by atoms with van der Waals surface area (Å²) in [5, 5.41) is 0. The number of hydrogen-bond acceptors (Lipinski definition) is 6. The highest BCUT2D eigenvalue weighted by Gasteiger charge is 2.33. The van der Waals surface area contributed by atoms with Gasteiger partial charge in [0, 0.05) is 11.6 Å². The zero-order valence-electron chi connectivity index (χ0n) is 11.3. The fraction of sp³-hybridized carbons (Fsp3) is 0.154. The number of aromatic nitrogens is 1. The van der Waals surface area contributed by atoms with Gasteiger partial charge in [-0.3, -0.25) is 0 Å². The van der Waals surface area contributed by atoms with Gasteiger partial charge in [0.15, 0.2) is 5.82 Å². The van der Waals surface area contributed by atoms with Crippen molar-refractivity contribution in [1.29, 1.82) is 0 Å². The van der Waals surface area contributed by atoms with Crippen LogP contribution in [-0.2, 0) is 12.8 Å². The zero-order chi connectivity index (χ0) is 16.3. The Morgan fingerprint density at radius 2 is 1.86 bits per heavy atom. The van der Waals surface area contributed by atoms with Crippen molar-refractivity contribution in [3.63, 3.8) is 0 Å². The van der Waals surface area contributed by atoms with Crippen molar-refractivity contribution >= 4 is 17.3 Å². The van der Waals surface area contributed by atoms with Crippen LogP contribution in [0, 0.1) is 0 Å². The molecule has 0 unspecified atom stereocenters. The fourth-order valence-corrected chi connectivity index (χ4v) is 1.86. The Bertz CT molecular complexity index is 675. The summed E-state index contributed by atoms with van der Waals surface area (Å²) in [5.41, 5.74) is 12.8. The minimum atomic E-state index is -4.47. The maximum atomic E-state index is 12.9. The van der Waals surface area contributed by atoms with Gasteiger partial charge in [0.2, 0.25) is 0 Å². The lowest BCUT2D eigenvalue weighted by Gasteiger charge is -2.15. The van der Waals surface area contributed by atoms with Crippen molar-refractivity contribution in [1.82, 2.24) is 4.98 Å². The van der Waals surface area contributed by atoms with Crippen LogP contribution in [0.4, 0.5) is 30.5 Å². The summed E-state index contributed by atoms with van der Waals surface area (Å²) >= 11 is 0. The van der Waals surface area contributed by atoms with Gasteiger partial charge < -0.3 is 21.6 Å². The van der Waals surface area contributed by atoms with Gasteiger partial charge in [-0.25, -0.2) is 10.8 Å². The van der Waals surface area contributed by atoms with Gasteiger partial charge >= 0.3 is 6.18 Å². The van der Waals surface area contributed by atoms with Gasteiger partial charge in [-0.15, -0.1) is 0 Å². The highest BCUT2D eigenvalue weighted by atomic mass is 19.4. The largest absolute Gasteiger partial charge is 0.486 e. The number of nitrogen functional groups attached to an aromatic ring is 3. The molecular weight excluding hydrogens is 299 g/mol. The first-order valence-electron chi connectivity index (χ1n) is 6.13. The number of nitrogens with two attached hydrogens (primary N) is 3. The van der Waals surface area contributed by atoms with Crippen LogP contribution in [0.5, 0.6) is 5.75 Å². The predicted molar refractivity (Wildman–Crippen MR) is 76.6 cm³/mol. The number of hydrazine groups is 1. The van der Waals surface area contributed by atoms with Gasteiger partial charge in [-0.2, -0.15) is 13.2 Å². The third kappa shape index (κ3) is 3.31. The van der Waals surface area contributed by atoms with E-state index in [9.17, 15) is 13.2 Å². The van der Waals surface area contributed by atoms with Gasteiger partial charge in [-0.1, -0.05) is 18.2 Å². The van der Waals surface area contributed by atoms with E-state index in [1.165, 1.54) is 24.3 Å². The standard InChI is InChI=1S/C13H14F3N5O/c14-13(15,16)8-4-2-1-3-7(8)6-22-9-5-10(17)20-12(21-19)11(9)18/h1-5H,6,18-19H2,(H3,17,20,21). The Balaban J connectivity index is 2.27. The molecule has 6 nitrogen and oxygen atoms in total. The number of benzene rings is 1. The van der Waals surface area contributed by atoms with E-state index in [-0.39, 0.29) is 35.2 Å². The number of ether oxygens (including phenoxy) is 1. The van der Waals surface area contributed by atoms with E-state index in [0.29, 0.717) is 0 Å². The Hall–Kier alpha value is -2.68. The quantitative estimate of drug-likeness (QED) is 0.508. The summed E-state index contributed by atoms with van der Waals surface area (Å²) in [4.78, 5) is 3.82. The molecule has 0 aliphatic rings. The van der Waals surface area contributed by atoms with Crippen LogP contribution in [0.1, 0.15) is 11.1 Å². The monoisotopic (exact) mass is 313 g/mol. The second kappa shape index (κ2) is 5.98. The summed E-state index contributed by atoms with van der Waals surface area (Å²) in [7, 11) is 0. The number of rotatable bonds is 4. The van der Waals surface area contributed by atoms with Gasteiger partial charge in [-0.05, 0) is 6.07 Å². The van der Waals surface area contributed by atoms with Crippen molar-refractivity contribution in [3.8, 4) is 5.75 Å². The Kier molecular flexibility index (Phi) is 4.27. The molecule has 0 bridgehead atoms. The highest BCUT2D eigenvalue weighted by molar-refractivity contribution is 5.71. The second-order valence-corrected chi connectivity index (χ2v) is 4.40. The lowest BCUT2D eigenvalue weighted by Crippen LogP contribution is -2.14. The molecular formula is C13H14F3N5O. The number of anilines is 3. The topological polar surface area (TPSA) is 112 Å². The van der Waals surface area contributed by atoms with Gasteiger partial charge in [0.1, 0.15) is 23.9 Å². The molecule has 118 valence electrons. The molecule has 1 heterocycles. The molecule has 0 aliphatic carbocycles. The SMILES string of the molecule is NNc1nc(N)cc(OCc2ccccc2C(F)(F)F)c1N. The molecule has 7 N–H and O–H groups in total. The molecule has 0 atom stereocenters. The summed E-state index contributed by atoms with van der Waals surface area (Å²) in [6.07, 6.45) is -4.47. The van der Waals surface area contributed by atoms with E-state index in [1.807, 2.05) is 0 Å². The molecule has 2 aromatic rings. The number of hydrogen-bond donors (Lipinski definition) is 4. The molecule has 0 fully saturated rings. The highest BCUT2D eigenvalue weighted by Crippen LogP contribution is 2.34. The molecule has 9 heteroatoms. The molecule has 0 aliphatic heterocycles. The smallest absolute Gasteiger partial charge is 0.416 e. The Morgan fingerprint density at radius 3 is 2.50 bits per heavy atom. The van der Waals surface area contributed by atoms with Crippen LogP contribution in [0.25, 0.3) is 0 Å². The summed E-state index contributed by atoms with van der Waals surface area (Å²) in [6, 6.07) is 6.42. The molecule has 0 spiro atoms. The third-order valence-electron chi connectivity index (χ3n) is 2.88. The molecule has 0 radical (unpaired) electrons. The third-order valence-corrected chi connectivity index (χ3v) is 2.88. The van der Waals surface area contributed by atoms with Crippen LogP contribution in [-0.4, -0.2) is 4.98 Å². The van der Waals surface area contributed by atoms with E-state index < -0.39 is 11.7 Å². The number of alkyl halides is 3. The molecule has 1 aromatic heterocycles. The maximum Gasteiger partial charge on any atom is 0.416 e. The summed E-state index contributed by atoms with van der Waals surface area (Å²) < 4.78 is 44.0. The minimum absolute atomic E-state index is 0.0213. The molecule has 0 saturated carbocycles. The minimum Gasteiger partial charge on any atom is -0.486 e. The molecule has 0 amide bonds. The lowest BCUT2D eigenvalue weighted by atomic mass is 10.1. The second-order valence-electron chi connectivity index (χ2n) is 4.40. The number of halogens is 3. The predicted octanol–water partition coefficient (Wildman–Crippen LogP) is 2.13. The van der Waals surface area contributed by atoms with Crippen LogP contribution in [0.3, 0.4) is 0 Å². The zero-order valence-corrected chi connectivity index (χ0v) is 11.3. The first-order valence-corrected chi connectivity index (χ1v) is 6.13. The molecule has 2 rings (SSSR count). The molecule has 22 heavy (non-hydrogen) atoms.